The van der Waals surface area contributed by atoms with Crippen LogP contribution < -0.4 is 4.48 Å². The summed E-state index contributed by atoms with van der Waals surface area (Å²) < 4.78 is 3.66. The molecule has 2 aliphatic heterocycles. The van der Waals surface area contributed by atoms with Crippen LogP contribution >= 0.6 is 0 Å². The zero-order chi connectivity index (χ0) is 14.7. The molecule has 0 aromatic heterocycles. The number of quaternary nitrogens is 1. The highest BCUT2D eigenvalue weighted by Gasteiger charge is 2.52. The van der Waals surface area contributed by atoms with Crippen LogP contribution in [0.5, 0.6) is 0 Å². The molecule has 4 rings (SSSR count). The maximum absolute atomic E-state index is 2.72. The average Bonchev–Trinajstić information content (AvgIpc) is 2.83. The molecule has 1 aliphatic carbocycles. The van der Waals surface area contributed by atoms with Gasteiger partial charge in [-0.1, -0.05) is 12.5 Å². The lowest BCUT2D eigenvalue weighted by atomic mass is 9.86. The molecule has 1 aromatic rings. The first-order valence-electron chi connectivity index (χ1n) is 8.33. The normalized spacial score (nSPS) is 29.7. The lowest BCUT2D eigenvalue weighted by molar-refractivity contribution is -0.629. The third-order valence-corrected chi connectivity index (χ3v) is 5.74. The van der Waals surface area contributed by atoms with Crippen molar-refractivity contribution in [1.29, 1.82) is 0 Å². The van der Waals surface area contributed by atoms with Crippen molar-refractivity contribution in [3.63, 3.8) is 0 Å². The van der Waals surface area contributed by atoms with Gasteiger partial charge in [0.15, 0.2) is 16.9 Å². The van der Waals surface area contributed by atoms with E-state index < -0.39 is 0 Å². The molecule has 1 saturated carbocycles. The highest BCUT2D eigenvalue weighted by molar-refractivity contribution is 5.82. The van der Waals surface area contributed by atoms with Crippen molar-refractivity contribution in [3.05, 3.63) is 35.5 Å². The third-order valence-electron chi connectivity index (χ3n) is 5.74. The summed E-state index contributed by atoms with van der Waals surface area (Å²) in [4.78, 5) is 0. The lowest BCUT2D eigenvalue weighted by Gasteiger charge is -2.39. The van der Waals surface area contributed by atoms with E-state index in [1.807, 2.05) is 0 Å². The minimum atomic E-state index is 0.113. The van der Waals surface area contributed by atoms with Gasteiger partial charge in [0.1, 0.15) is 6.20 Å². The largest absolute Gasteiger partial charge is 0.280 e. The van der Waals surface area contributed by atoms with Crippen LogP contribution in [0.4, 0.5) is 5.69 Å². The Balaban J connectivity index is 1.94. The van der Waals surface area contributed by atoms with Gasteiger partial charge < -0.3 is 0 Å². The van der Waals surface area contributed by atoms with Crippen LogP contribution in [0, 0.1) is 0 Å². The van der Waals surface area contributed by atoms with Gasteiger partial charge in [0.05, 0.1) is 12.6 Å². The van der Waals surface area contributed by atoms with Gasteiger partial charge in [0.25, 0.3) is 6.67 Å². The van der Waals surface area contributed by atoms with Crippen molar-refractivity contribution in [2.24, 2.45) is 0 Å². The zero-order valence-electron chi connectivity index (χ0n) is 13.5. The molecule has 0 N–H and O–H groups in total. The molecule has 0 saturated heterocycles. The number of hydrogen-bond acceptors (Lipinski definition) is 0. The van der Waals surface area contributed by atoms with Gasteiger partial charge in [0.2, 0.25) is 0 Å². The Labute approximate surface area is 128 Å². The Morgan fingerprint density at radius 3 is 2.62 bits per heavy atom. The number of nitrogens with zero attached hydrogens (tertiary/aromatic N) is 2. The molecule has 21 heavy (non-hydrogen) atoms. The van der Waals surface area contributed by atoms with E-state index in [1.54, 1.807) is 5.71 Å². The second-order valence-electron chi connectivity index (χ2n) is 7.58. The monoisotopic (exact) mass is 282 g/mol. The van der Waals surface area contributed by atoms with Gasteiger partial charge in [-0.05, 0) is 25.0 Å². The van der Waals surface area contributed by atoms with E-state index >= 15 is 0 Å². The molecule has 0 amide bonds. The zero-order valence-corrected chi connectivity index (χ0v) is 13.5. The SMILES string of the molecule is CC1(C)c2cccc3c2[N@@+](C)(C=C3)C[N+]1=C1CCCCC1. The first kappa shape index (κ1) is 13.3. The van der Waals surface area contributed by atoms with E-state index in [1.165, 1.54) is 48.9 Å². The Morgan fingerprint density at radius 1 is 1.10 bits per heavy atom. The van der Waals surface area contributed by atoms with Crippen LogP contribution in [0.15, 0.2) is 24.4 Å². The Bertz CT molecular complexity index is 658. The van der Waals surface area contributed by atoms with Crippen LogP contribution in [0.2, 0.25) is 0 Å². The second-order valence-corrected chi connectivity index (χ2v) is 7.58. The van der Waals surface area contributed by atoms with Crippen LogP contribution in [0.3, 0.4) is 0 Å². The molecular formula is C19H26N2+2. The summed E-state index contributed by atoms with van der Waals surface area (Å²) in [6.45, 7) is 5.90. The summed E-state index contributed by atoms with van der Waals surface area (Å²) in [7, 11) is 2.36. The first-order valence-corrected chi connectivity index (χ1v) is 8.33. The number of benzene rings is 1. The number of para-hydroxylation sites is 1. The number of hydrogen-bond donors (Lipinski definition) is 0. The fourth-order valence-electron chi connectivity index (χ4n) is 4.54. The standard InChI is InChI=1S/C19H26N2/c1-19(2)17-11-7-8-15-12-13-21(3,18(15)17)14-20(19)16-9-5-4-6-10-16/h7-8,11-13H,4-6,9-10,14H2,1-3H3/q+2/t21-/m0/s1. The van der Waals surface area contributed by atoms with Crippen LogP contribution in [0.1, 0.15) is 57.1 Å². The maximum Gasteiger partial charge on any atom is 0.280 e. The lowest BCUT2D eigenvalue weighted by Crippen LogP contribution is -2.56. The molecule has 1 fully saturated rings. The molecule has 0 unspecified atom stereocenters. The fraction of sp³-hybridized carbons (Fsp3) is 0.526. The molecule has 0 radical (unpaired) electrons. The molecule has 2 nitrogen and oxygen atoms in total. The molecule has 110 valence electrons. The van der Waals surface area contributed by atoms with Gasteiger partial charge in [-0.3, -0.25) is 0 Å². The van der Waals surface area contributed by atoms with Crippen molar-refractivity contribution in [2.45, 2.75) is 51.5 Å². The van der Waals surface area contributed by atoms with Gasteiger partial charge in [-0.25, -0.2) is 4.48 Å². The first-order chi connectivity index (χ1) is 10.0. The van der Waals surface area contributed by atoms with Crippen LogP contribution in [-0.2, 0) is 5.54 Å². The van der Waals surface area contributed by atoms with E-state index in [-0.39, 0.29) is 5.54 Å². The summed E-state index contributed by atoms with van der Waals surface area (Å²) in [5.41, 5.74) is 6.24. The summed E-state index contributed by atoms with van der Waals surface area (Å²) in [5, 5.41) is 0. The Morgan fingerprint density at radius 2 is 1.86 bits per heavy atom. The van der Waals surface area contributed by atoms with Gasteiger partial charge in [-0.2, -0.15) is 4.58 Å². The van der Waals surface area contributed by atoms with Crippen LogP contribution in [0.25, 0.3) is 6.08 Å². The predicted molar refractivity (Wildman–Crippen MR) is 89.4 cm³/mol. The molecule has 2 heteroatoms. The third kappa shape index (κ3) is 1.78. The molecule has 0 spiro atoms. The average molecular weight is 282 g/mol. The Hall–Kier alpha value is -1.41. The molecule has 3 aliphatic rings. The molecule has 1 aromatic carbocycles. The number of rotatable bonds is 0. The summed E-state index contributed by atoms with van der Waals surface area (Å²) >= 11 is 0. The Kier molecular flexibility index (Phi) is 2.71. The van der Waals surface area contributed by atoms with Crippen molar-refractivity contribution in [1.82, 2.24) is 4.48 Å². The van der Waals surface area contributed by atoms with Crippen molar-refractivity contribution >= 4 is 17.5 Å². The second kappa shape index (κ2) is 4.30. The minimum Gasteiger partial charge on any atom is -0.212 e. The summed E-state index contributed by atoms with van der Waals surface area (Å²) in [6.07, 6.45) is 11.4. The van der Waals surface area contributed by atoms with E-state index in [0.29, 0.717) is 0 Å². The topological polar surface area (TPSA) is 3.01 Å². The van der Waals surface area contributed by atoms with E-state index in [4.69, 9.17) is 0 Å². The highest BCUT2D eigenvalue weighted by Crippen LogP contribution is 2.47. The molecular weight excluding hydrogens is 256 g/mol. The highest BCUT2D eigenvalue weighted by atomic mass is 15.4. The molecule has 0 bridgehead atoms. The summed E-state index contributed by atoms with van der Waals surface area (Å²) in [5.74, 6) is 0. The van der Waals surface area contributed by atoms with Gasteiger partial charge in [0, 0.05) is 38.3 Å². The maximum atomic E-state index is 2.72. The van der Waals surface area contributed by atoms with E-state index in [9.17, 15) is 0 Å². The predicted octanol–water partition coefficient (Wildman–Crippen LogP) is 4.23. The summed E-state index contributed by atoms with van der Waals surface area (Å²) in [6, 6.07) is 6.83. The fourth-order valence-corrected chi connectivity index (χ4v) is 4.54. The van der Waals surface area contributed by atoms with Crippen molar-refractivity contribution < 1.29 is 4.58 Å². The minimum absolute atomic E-state index is 0.113. The van der Waals surface area contributed by atoms with Crippen LogP contribution in [-0.4, -0.2) is 24.0 Å². The quantitative estimate of drug-likeness (QED) is 0.495. The molecule has 1 atom stereocenters. The molecule has 2 heterocycles. The van der Waals surface area contributed by atoms with E-state index in [0.717, 1.165) is 11.2 Å². The van der Waals surface area contributed by atoms with Gasteiger partial charge >= 0.3 is 0 Å². The van der Waals surface area contributed by atoms with Crippen molar-refractivity contribution in [3.8, 4) is 0 Å². The van der Waals surface area contributed by atoms with Crippen molar-refractivity contribution in [2.75, 3.05) is 13.7 Å². The van der Waals surface area contributed by atoms with E-state index in [2.05, 4.69) is 55.9 Å². The smallest absolute Gasteiger partial charge is 0.212 e. The van der Waals surface area contributed by atoms with Gasteiger partial charge in [-0.15, -0.1) is 0 Å².